The molecule has 6 nitrogen and oxygen atoms in total. The van der Waals surface area contributed by atoms with Gasteiger partial charge in [-0.1, -0.05) is 0 Å². The number of aromatic nitrogens is 3. The molecule has 2 aliphatic rings. The molecule has 8 heteroatoms. The first-order valence-electron chi connectivity index (χ1n) is 9.22. The molecule has 0 bridgehead atoms. The molecular formula is C19H22F2N4O2. The van der Waals surface area contributed by atoms with Gasteiger partial charge in [-0.2, -0.15) is 14.5 Å². The van der Waals surface area contributed by atoms with E-state index in [4.69, 9.17) is 10.5 Å². The van der Waals surface area contributed by atoms with E-state index in [1.165, 1.54) is 0 Å². The first kappa shape index (κ1) is 18.0. The maximum Gasteiger partial charge on any atom is 0.329 e. The topological polar surface area (TPSA) is 93.9 Å². The largest absolute Gasteiger partial charge is 0.406 e. The number of hydrogen-bond acceptors (Lipinski definition) is 5. The molecule has 0 amide bonds. The Labute approximate surface area is 155 Å². The van der Waals surface area contributed by atoms with Crippen molar-refractivity contribution < 1.29 is 18.3 Å². The van der Waals surface area contributed by atoms with Crippen LogP contribution in [0.5, 0.6) is 5.88 Å². The second-order valence-corrected chi connectivity index (χ2v) is 7.62. The average Bonchev–Trinajstić information content (AvgIpc) is 3.51. The molecule has 0 radical (unpaired) electrons. The van der Waals surface area contributed by atoms with E-state index in [0.717, 1.165) is 31.7 Å². The second kappa shape index (κ2) is 6.67. The molecule has 2 saturated carbocycles. The Morgan fingerprint density at radius 2 is 1.85 bits per heavy atom. The Kier molecular flexibility index (Phi) is 4.46. The van der Waals surface area contributed by atoms with Crippen LogP contribution in [0.15, 0.2) is 6.07 Å². The van der Waals surface area contributed by atoms with E-state index in [0.29, 0.717) is 28.8 Å². The molecule has 4 rings (SSSR count). The van der Waals surface area contributed by atoms with Crippen LogP contribution in [0.25, 0.3) is 11.1 Å². The van der Waals surface area contributed by atoms with Crippen molar-refractivity contribution >= 4 is 5.97 Å². The summed E-state index contributed by atoms with van der Waals surface area (Å²) in [7, 11) is 0. The highest BCUT2D eigenvalue weighted by molar-refractivity contribution is 5.78. The van der Waals surface area contributed by atoms with Crippen LogP contribution in [0.4, 0.5) is 8.78 Å². The van der Waals surface area contributed by atoms with Crippen LogP contribution in [0.1, 0.15) is 37.1 Å². The summed E-state index contributed by atoms with van der Waals surface area (Å²) < 4.78 is 34.2. The minimum absolute atomic E-state index is 0.0858. The fraction of sp³-hybridized carbons (Fsp3) is 0.526. The molecule has 0 saturated heterocycles. The molecule has 1 atom stereocenters. The minimum atomic E-state index is -1.06. The highest BCUT2D eigenvalue weighted by atomic mass is 19.1. The number of pyridine rings is 1. The molecule has 27 heavy (non-hydrogen) atoms. The van der Waals surface area contributed by atoms with Crippen molar-refractivity contribution in [1.82, 2.24) is 15.2 Å². The lowest BCUT2D eigenvalue weighted by Gasteiger charge is -2.21. The van der Waals surface area contributed by atoms with Gasteiger partial charge in [0.25, 0.3) is 0 Å². The van der Waals surface area contributed by atoms with Gasteiger partial charge in [-0.15, -0.1) is 0 Å². The van der Waals surface area contributed by atoms with Gasteiger partial charge in [0.15, 0.2) is 0 Å². The summed E-state index contributed by atoms with van der Waals surface area (Å²) >= 11 is 0. The molecule has 3 N–H and O–H groups in total. The van der Waals surface area contributed by atoms with Gasteiger partial charge < -0.3 is 10.5 Å². The Balaban J connectivity index is 1.55. The predicted molar refractivity (Wildman–Crippen MR) is 93.8 cm³/mol. The summed E-state index contributed by atoms with van der Waals surface area (Å²) in [5.41, 5.74) is 7.11. The Bertz CT molecular complexity index is 835. The van der Waals surface area contributed by atoms with Crippen LogP contribution in [-0.2, 0) is 4.79 Å². The third kappa shape index (κ3) is 3.45. The van der Waals surface area contributed by atoms with Gasteiger partial charge in [0.05, 0.1) is 11.3 Å². The number of H-pyrrole nitrogens is 1. The van der Waals surface area contributed by atoms with Crippen molar-refractivity contribution in [3.63, 3.8) is 0 Å². The minimum Gasteiger partial charge on any atom is -0.406 e. The fourth-order valence-corrected chi connectivity index (χ4v) is 3.92. The summed E-state index contributed by atoms with van der Waals surface area (Å²) in [6.45, 7) is 3.30. The number of nitrogens with zero attached hydrogens (tertiary/aromatic N) is 2. The zero-order valence-corrected chi connectivity index (χ0v) is 15.3. The molecule has 144 valence electrons. The van der Waals surface area contributed by atoms with E-state index in [1.807, 2.05) is 0 Å². The van der Waals surface area contributed by atoms with Crippen molar-refractivity contribution in [3.05, 3.63) is 29.2 Å². The number of aryl methyl sites for hydroxylation is 2. The van der Waals surface area contributed by atoms with E-state index < -0.39 is 29.7 Å². The third-order valence-electron chi connectivity index (χ3n) is 5.51. The molecule has 2 fully saturated rings. The standard InChI is InChI=1S/C19H22F2N4O2/c1-8-14(9(2)25-24-8)16-12(20)7-13(23-18(16)21)27-19(26)17(22)15(10-3-4-10)11-5-6-11/h7,10-11,15,17H,3-6,22H2,1-2H3,(H,24,25)/t17-/m0/s1. The SMILES string of the molecule is Cc1n[nH]c(C)c1-c1c(F)cc(OC(=O)[C@@H](N)C(C2CC2)C2CC2)nc1F. The molecule has 0 aliphatic heterocycles. The number of halogens is 2. The van der Waals surface area contributed by atoms with E-state index in [2.05, 4.69) is 15.2 Å². The smallest absolute Gasteiger partial charge is 0.329 e. The number of esters is 1. The van der Waals surface area contributed by atoms with Gasteiger partial charge in [0, 0.05) is 17.3 Å². The Morgan fingerprint density at radius 1 is 1.22 bits per heavy atom. The summed E-state index contributed by atoms with van der Waals surface area (Å²) in [4.78, 5) is 16.0. The number of nitrogens with one attached hydrogen (secondary N) is 1. The van der Waals surface area contributed by atoms with Gasteiger partial charge in [-0.3, -0.25) is 5.10 Å². The van der Waals surface area contributed by atoms with Crippen LogP contribution in [0.3, 0.4) is 0 Å². The van der Waals surface area contributed by atoms with Gasteiger partial charge >= 0.3 is 5.97 Å². The molecule has 2 aliphatic carbocycles. The van der Waals surface area contributed by atoms with Crippen LogP contribution in [0, 0.1) is 43.4 Å². The highest BCUT2D eigenvalue weighted by Gasteiger charge is 2.47. The number of carbonyl (C=O) groups is 1. The maximum atomic E-state index is 14.6. The average molecular weight is 376 g/mol. The molecular weight excluding hydrogens is 354 g/mol. The summed E-state index contributed by atoms with van der Waals surface area (Å²) in [5.74, 6) is -2.03. The first-order valence-corrected chi connectivity index (χ1v) is 9.22. The van der Waals surface area contributed by atoms with Crippen molar-refractivity contribution in [3.8, 4) is 17.0 Å². The molecule has 2 aromatic rings. The molecule has 2 heterocycles. The Hall–Kier alpha value is -2.35. The number of hydrogen-bond donors (Lipinski definition) is 2. The number of nitrogens with two attached hydrogens (primary N) is 1. The zero-order valence-electron chi connectivity index (χ0n) is 15.3. The number of aromatic amines is 1. The summed E-state index contributed by atoms with van der Waals surface area (Å²) in [6.07, 6.45) is 4.28. The van der Waals surface area contributed by atoms with E-state index in [9.17, 15) is 13.6 Å². The van der Waals surface area contributed by atoms with Gasteiger partial charge in [0.2, 0.25) is 11.8 Å². The lowest BCUT2D eigenvalue weighted by atomic mass is 9.90. The van der Waals surface area contributed by atoms with Gasteiger partial charge in [-0.25, -0.2) is 9.18 Å². The van der Waals surface area contributed by atoms with Crippen molar-refractivity contribution in [1.29, 1.82) is 0 Å². The molecule has 0 spiro atoms. The second-order valence-electron chi connectivity index (χ2n) is 7.62. The van der Waals surface area contributed by atoms with Gasteiger partial charge in [-0.05, 0) is 57.3 Å². The van der Waals surface area contributed by atoms with Crippen LogP contribution >= 0.6 is 0 Å². The fourth-order valence-electron chi connectivity index (χ4n) is 3.92. The zero-order chi connectivity index (χ0) is 19.3. The third-order valence-corrected chi connectivity index (χ3v) is 5.51. The van der Waals surface area contributed by atoms with Gasteiger partial charge in [0.1, 0.15) is 11.9 Å². The number of carbonyl (C=O) groups excluding carboxylic acids is 1. The maximum absolute atomic E-state index is 14.6. The summed E-state index contributed by atoms with van der Waals surface area (Å²) in [6, 6.07) is 0.119. The summed E-state index contributed by atoms with van der Waals surface area (Å²) in [5, 5.41) is 6.63. The highest BCUT2D eigenvalue weighted by Crippen LogP contribution is 2.50. The van der Waals surface area contributed by atoms with Crippen LogP contribution in [-0.4, -0.2) is 27.2 Å². The van der Waals surface area contributed by atoms with E-state index >= 15 is 0 Å². The molecule has 0 unspecified atom stereocenters. The van der Waals surface area contributed by atoms with E-state index in [1.54, 1.807) is 13.8 Å². The normalized spacial score (nSPS) is 18.0. The first-order chi connectivity index (χ1) is 12.9. The lowest BCUT2D eigenvalue weighted by molar-refractivity contribution is -0.138. The lowest BCUT2D eigenvalue weighted by Crippen LogP contribution is -2.43. The molecule has 2 aromatic heterocycles. The van der Waals surface area contributed by atoms with Crippen molar-refractivity contribution in [2.75, 3.05) is 0 Å². The predicted octanol–water partition coefficient (Wildman–Crippen LogP) is 3.04. The van der Waals surface area contributed by atoms with E-state index in [-0.39, 0.29) is 11.5 Å². The monoisotopic (exact) mass is 376 g/mol. The number of ether oxygens (including phenoxy) is 1. The van der Waals surface area contributed by atoms with Crippen molar-refractivity contribution in [2.45, 2.75) is 45.6 Å². The quantitative estimate of drug-likeness (QED) is 0.597. The Morgan fingerprint density at radius 3 is 2.33 bits per heavy atom. The molecule has 0 aromatic carbocycles. The van der Waals surface area contributed by atoms with Crippen LogP contribution in [0.2, 0.25) is 0 Å². The number of rotatable bonds is 6. The van der Waals surface area contributed by atoms with Crippen molar-refractivity contribution in [2.24, 2.45) is 23.5 Å². The van der Waals surface area contributed by atoms with Crippen LogP contribution < -0.4 is 10.5 Å².